The van der Waals surface area contributed by atoms with E-state index in [1.54, 1.807) is 26.8 Å². The zero-order valence-corrected chi connectivity index (χ0v) is 12.1. The summed E-state index contributed by atoms with van der Waals surface area (Å²) >= 11 is 1.27. The first-order chi connectivity index (χ1) is 9.38. The van der Waals surface area contributed by atoms with Gasteiger partial charge in [-0.25, -0.2) is 4.79 Å². The normalized spacial score (nSPS) is 10.6. The Morgan fingerprint density at radius 3 is 2.60 bits per heavy atom. The predicted octanol–water partition coefficient (Wildman–Crippen LogP) is 1.60. The van der Waals surface area contributed by atoms with Crippen LogP contribution >= 0.6 is 11.3 Å². The topological polar surface area (TPSA) is 97.1 Å². The van der Waals surface area contributed by atoms with Crippen molar-refractivity contribution >= 4 is 28.3 Å². The van der Waals surface area contributed by atoms with E-state index in [1.165, 1.54) is 15.9 Å². The number of amides is 1. The molecule has 2 aromatic heterocycles. The minimum absolute atomic E-state index is 0.0695. The van der Waals surface area contributed by atoms with Gasteiger partial charge >= 0.3 is 5.97 Å². The van der Waals surface area contributed by atoms with Crippen LogP contribution in [0.25, 0.3) is 0 Å². The van der Waals surface area contributed by atoms with Crippen LogP contribution in [0.15, 0.2) is 6.07 Å². The Kier molecular flexibility index (Phi) is 3.84. The lowest BCUT2D eigenvalue weighted by Crippen LogP contribution is -2.22. The van der Waals surface area contributed by atoms with Crippen molar-refractivity contribution in [1.82, 2.24) is 14.8 Å². The molecule has 1 amide bonds. The van der Waals surface area contributed by atoms with Crippen LogP contribution in [0.3, 0.4) is 0 Å². The number of carboxylic acids is 1. The molecule has 2 rings (SSSR count). The Morgan fingerprint density at radius 1 is 1.35 bits per heavy atom. The van der Waals surface area contributed by atoms with Gasteiger partial charge < -0.3 is 9.67 Å². The molecular formula is C12H14N4O3S. The maximum Gasteiger partial charge on any atom is 0.352 e. The molecule has 0 saturated heterocycles. The molecule has 20 heavy (non-hydrogen) atoms. The maximum atomic E-state index is 11.9. The van der Waals surface area contributed by atoms with E-state index in [2.05, 4.69) is 15.5 Å². The molecule has 0 atom stereocenters. The van der Waals surface area contributed by atoms with Crippen molar-refractivity contribution in [2.24, 2.45) is 0 Å². The van der Waals surface area contributed by atoms with Gasteiger partial charge in [0.15, 0.2) is 0 Å². The van der Waals surface area contributed by atoms with E-state index in [1.807, 2.05) is 0 Å². The number of hydrogen-bond donors (Lipinski definition) is 2. The molecule has 0 radical (unpaired) electrons. The summed E-state index contributed by atoms with van der Waals surface area (Å²) in [6.07, 6.45) is 0. The lowest BCUT2D eigenvalue weighted by Gasteiger charge is -2.08. The summed E-state index contributed by atoms with van der Waals surface area (Å²) in [6, 6.07) is 1.74. The molecule has 0 aliphatic rings. The fourth-order valence-electron chi connectivity index (χ4n) is 1.99. The van der Waals surface area contributed by atoms with Crippen molar-refractivity contribution in [2.45, 2.75) is 27.3 Å². The molecule has 0 unspecified atom stereocenters. The molecule has 0 aliphatic heterocycles. The van der Waals surface area contributed by atoms with Gasteiger partial charge in [-0.05, 0) is 32.4 Å². The van der Waals surface area contributed by atoms with Gasteiger partial charge in [0.2, 0.25) is 11.0 Å². The van der Waals surface area contributed by atoms with E-state index in [9.17, 15) is 14.7 Å². The number of nitrogens with one attached hydrogen (secondary N) is 1. The van der Waals surface area contributed by atoms with E-state index in [0.29, 0.717) is 10.7 Å². The molecule has 0 aliphatic carbocycles. The van der Waals surface area contributed by atoms with Crippen LogP contribution in [0.1, 0.15) is 26.8 Å². The zero-order chi connectivity index (χ0) is 14.9. The quantitative estimate of drug-likeness (QED) is 0.892. The fourth-order valence-corrected chi connectivity index (χ4v) is 2.59. The fraction of sp³-hybridized carbons (Fsp3) is 0.333. The molecule has 0 spiro atoms. The van der Waals surface area contributed by atoms with Crippen LogP contribution in [0.4, 0.5) is 5.13 Å². The molecule has 2 heterocycles. The minimum atomic E-state index is -1.05. The average Bonchev–Trinajstić information content (AvgIpc) is 2.83. The number of hydrogen-bond acceptors (Lipinski definition) is 5. The predicted molar refractivity (Wildman–Crippen MR) is 74.1 cm³/mol. The summed E-state index contributed by atoms with van der Waals surface area (Å²) in [5.74, 6) is -1.38. The number of nitrogens with zero attached hydrogens (tertiary/aromatic N) is 3. The average molecular weight is 294 g/mol. The van der Waals surface area contributed by atoms with Gasteiger partial charge in [0.1, 0.15) is 17.2 Å². The van der Waals surface area contributed by atoms with Gasteiger partial charge in [0.05, 0.1) is 0 Å². The van der Waals surface area contributed by atoms with Crippen LogP contribution in [0.5, 0.6) is 0 Å². The van der Waals surface area contributed by atoms with Crippen molar-refractivity contribution < 1.29 is 14.7 Å². The highest BCUT2D eigenvalue weighted by molar-refractivity contribution is 7.15. The standard InChI is InChI=1S/C12H14N4O3S/c1-6-4-7(2)16(10(6)11(18)19)5-9(17)13-12-15-14-8(3)20-12/h4H,5H2,1-3H3,(H,18,19)(H,13,15,17). The summed E-state index contributed by atoms with van der Waals surface area (Å²) in [7, 11) is 0. The van der Waals surface area contributed by atoms with Crippen molar-refractivity contribution in [3.8, 4) is 0 Å². The summed E-state index contributed by atoms with van der Waals surface area (Å²) < 4.78 is 1.47. The van der Waals surface area contributed by atoms with Crippen LogP contribution < -0.4 is 5.32 Å². The van der Waals surface area contributed by atoms with Crippen LogP contribution in [-0.2, 0) is 11.3 Å². The SMILES string of the molecule is Cc1nnc(NC(=O)Cn2c(C)cc(C)c2C(=O)O)s1. The van der Waals surface area contributed by atoms with Gasteiger partial charge in [0.25, 0.3) is 0 Å². The van der Waals surface area contributed by atoms with Gasteiger partial charge in [-0.1, -0.05) is 11.3 Å². The molecule has 7 nitrogen and oxygen atoms in total. The number of aromatic carboxylic acids is 1. The van der Waals surface area contributed by atoms with Gasteiger partial charge in [-0.2, -0.15) is 0 Å². The smallest absolute Gasteiger partial charge is 0.352 e. The van der Waals surface area contributed by atoms with Crippen molar-refractivity contribution in [2.75, 3.05) is 5.32 Å². The lowest BCUT2D eigenvalue weighted by atomic mass is 10.2. The third kappa shape index (κ3) is 2.85. The number of aromatic nitrogens is 3. The highest BCUT2D eigenvalue weighted by Gasteiger charge is 2.18. The third-order valence-corrected chi connectivity index (χ3v) is 3.53. The molecule has 0 bridgehead atoms. The molecule has 8 heteroatoms. The van der Waals surface area contributed by atoms with E-state index in [4.69, 9.17) is 0 Å². The molecule has 0 saturated carbocycles. The van der Waals surface area contributed by atoms with E-state index >= 15 is 0 Å². The second-order valence-corrected chi connectivity index (χ2v) is 5.56. The highest BCUT2D eigenvalue weighted by atomic mass is 32.1. The molecule has 106 valence electrons. The van der Waals surface area contributed by atoms with Crippen molar-refractivity contribution in [3.63, 3.8) is 0 Å². The number of carboxylic acid groups (broad SMARTS) is 1. The molecule has 2 N–H and O–H groups in total. The van der Waals surface area contributed by atoms with Crippen LogP contribution in [-0.4, -0.2) is 31.7 Å². The van der Waals surface area contributed by atoms with Gasteiger partial charge in [-0.3, -0.25) is 10.1 Å². The van der Waals surface area contributed by atoms with Crippen LogP contribution in [0, 0.1) is 20.8 Å². The Labute approximate surface area is 119 Å². The summed E-state index contributed by atoms with van der Waals surface area (Å²) in [4.78, 5) is 23.2. The first-order valence-corrected chi connectivity index (χ1v) is 6.70. The summed E-state index contributed by atoms with van der Waals surface area (Å²) in [5, 5.41) is 20.5. The number of carbonyl (C=O) groups excluding carboxylic acids is 1. The molecule has 0 fully saturated rings. The molecule has 2 aromatic rings. The number of rotatable bonds is 4. The second kappa shape index (κ2) is 5.41. The Morgan fingerprint density at radius 2 is 2.05 bits per heavy atom. The monoisotopic (exact) mass is 294 g/mol. The third-order valence-electron chi connectivity index (χ3n) is 2.77. The Bertz CT molecular complexity index is 674. The number of aryl methyl sites for hydroxylation is 3. The molecular weight excluding hydrogens is 280 g/mol. The maximum absolute atomic E-state index is 11.9. The van der Waals surface area contributed by atoms with E-state index in [-0.39, 0.29) is 18.1 Å². The van der Waals surface area contributed by atoms with Gasteiger partial charge in [0, 0.05) is 5.69 Å². The zero-order valence-electron chi connectivity index (χ0n) is 11.3. The van der Waals surface area contributed by atoms with E-state index < -0.39 is 5.97 Å². The second-order valence-electron chi connectivity index (χ2n) is 4.38. The first-order valence-electron chi connectivity index (χ1n) is 5.88. The molecule has 0 aromatic carbocycles. The lowest BCUT2D eigenvalue weighted by molar-refractivity contribution is -0.116. The van der Waals surface area contributed by atoms with E-state index in [0.717, 1.165) is 10.7 Å². The number of anilines is 1. The highest BCUT2D eigenvalue weighted by Crippen LogP contribution is 2.17. The Hall–Kier alpha value is -2.22. The summed E-state index contributed by atoms with van der Waals surface area (Å²) in [6.45, 7) is 5.19. The largest absolute Gasteiger partial charge is 0.477 e. The van der Waals surface area contributed by atoms with Gasteiger partial charge in [-0.15, -0.1) is 10.2 Å². The minimum Gasteiger partial charge on any atom is -0.477 e. The van der Waals surface area contributed by atoms with Crippen molar-refractivity contribution in [1.29, 1.82) is 0 Å². The van der Waals surface area contributed by atoms with Crippen molar-refractivity contribution in [3.05, 3.63) is 28.0 Å². The summed E-state index contributed by atoms with van der Waals surface area (Å²) in [5.41, 5.74) is 1.49. The van der Waals surface area contributed by atoms with Crippen LogP contribution in [0.2, 0.25) is 0 Å². The first kappa shape index (κ1) is 14.2. The number of carbonyl (C=O) groups is 2. The Balaban J connectivity index is 2.17.